The minimum Gasteiger partial charge on any atom is -0.477 e. The molecule has 0 atom stereocenters. The average molecular weight is 472 g/mol. The van der Waals surface area contributed by atoms with Gasteiger partial charge in [0.2, 0.25) is 5.92 Å². The van der Waals surface area contributed by atoms with E-state index in [2.05, 4.69) is 9.72 Å². The fraction of sp³-hybridized carbons (Fsp3) is 0.375. The van der Waals surface area contributed by atoms with Crippen LogP contribution < -0.4 is 0 Å². The molecule has 33 heavy (non-hydrogen) atoms. The van der Waals surface area contributed by atoms with Crippen molar-refractivity contribution in [2.24, 2.45) is 5.92 Å². The summed E-state index contributed by atoms with van der Waals surface area (Å²) >= 11 is 1.17. The second-order valence-electron chi connectivity index (χ2n) is 8.79. The molecule has 4 heterocycles. The molecular formula is C24H23F2N3O3S. The molecule has 1 saturated carbocycles. The van der Waals surface area contributed by atoms with Gasteiger partial charge in [-0.15, -0.1) is 11.3 Å². The number of carboxylic acid groups (broad SMARTS) is 1. The number of fused-ring (bicyclic) bond motifs is 1. The van der Waals surface area contributed by atoms with Gasteiger partial charge < -0.3 is 14.2 Å². The highest BCUT2D eigenvalue weighted by Crippen LogP contribution is 2.39. The highest BCUT2D eigenvalue weighted by atomic mass is 32.1. The Morgan fingerprint density at radius 3 is 2.67 bits per heavy atom. The first-order valence-corrected chi connectivity index (χ1v) is 11.7. The van der Waals surface area contributed by atoms with Crippen LogP contribution in [0.2, 0.25) is 0 Å². The molecule has 4 aromatic heterocycles. The van der Waals surface area contributed by atoms with E-state index in [1.54, 1.807) is 12.3 Å². The third kappa shape index (κ3) is 4.06. The number of nitrogens with zero attached hydrogens (tertiary/aromatic N) is 3. The predicted octanol–water partition coefficient (Wildman–Crippen LogP) is 6.56. The third-order valence-electron chi connectivity index (χ3n) is 6.45. The van der Waals surface area contributed by atoms with Gasteiger partial charge in [0.15, 0.2) is 0 Å². The van der Waals surface area contributed by atoms with Gasteiger partial charge in [-0.25, -0.2) is 13.6 Å². The van der Waals surface area contributed by atoms with E-state index >= 15 is 0 Å². The van der Waals surface area contributed by atoms with E-state index in [-0.39, 0.29) is 23.6 Å². The number of pyridine rings is 1. The van der Waals surface area contributed by atoms with Crippen LogP contribution in [0.5, 0.6) is 0 Å². The summed E-state index contributed by atoms with van der Waals surface area (Å²) in [6.07, 6.45) is 4.52. The molecular weight excluding hydrogens is 448 g/mol. The van der Waals surface area contributed by atoms with Gasteiger partial charge in [-0.3, -0.25) is 4.98 Å². The second kappa shape index (κ2) is 8.06. The number of hydrogen-bond acceptors (Lipinski definition) is 5. The SMILES string of the molecule is Cc1noc(C)c1-c1cnc2c(-c3csc(C(=O)O)c3)cn(CC3CCC(F)(F)CC3)c2c1. The molecule has 6 nitrogen and oxygen atoms in total. The summed E-state index contributed by atoms with van der Waals surface area (Å²) in [6.45, 7) is 4.34. The molecule has 0 unspecified atom stereocenters. The van der Waals surface area contributed by atoms with Crippen LogP contribution in [-0.2, 0) is 6.54 Å². The number of carbonyl (C=O) groups is 1. The molecule has 0 aromatic carbocycles. The van der Waals surface area contributed by atoms with Gasteiger partial charge in [0.25, 0.3) is 0 Å². The molecule has 172 valence electrons. The van der Waals surface area contributed by atoms with Crippen molar-refractivity contribution >= 4 is 28.3 Å². The first-order valence-electron chi connectivity index (χ1n) is 10.8. The molecule has 9 heteroatoms. The molecule has 1 aliphatic rings. The Kier molecular flexibility index (Phi) is 5.31. The third-order valence-corrected chi connectivity index (χ3v) is 7.37. The summed E-state index contributed by atoms with van der Waals surface area (Å²) in [6, 6.07) is 3.68. The number of aromatic nitrogens is 3. The molecule has 5 rings (SSSR count). The summed E-state index contributed by atoms with van der Waals surface area (Å²) in [5, 5.41) is 15.2. The summed E-state index contributed by atoms with van der Waals surface area (Å²) < 4.78 is 34.7. The van der Waals surface area contributed by atoms with Crippen molar-refractivity contribution in [3.63, 3.8) is 0 Å². The number of aromatic carboxylic acids is 1. The standard InChI is InChI=1S/C24H23F2N3O3S/c1-13-21(14(2)32-28-13)16-7-19-22(27-9-16)18(17-8-20(23(30)31)33-12-17)11-29(19)10-15-3-5-24(25,26)6-4-15/h7-9,11-12,15H,3-6,10H2,1-2H3,(H,30,31). The number of alkyl halides is 2. The Balaban J connectivity index is 1.60. The fourth-order valence-corrected chi connectivity index (χ4v) is 5.46. The summed E-state index contributed by atoms with van der Waals surface area (Å²) in [4.78, 5) is 16.4. The van der Waals surface area contributed by atoms with Crippen LogP contribution in [0.4, 0.5) is 8.78 Å². The lowest BCUT2D eigenvalue weighted by atomic mass is 9.87. The Morgan fingerprint density at radius 2 is 2.03 bits per heavy atom. The molecule has 0 amide bonds. The Labute approximate surface area is 192 Å². The molecule has 0 saturated heterocycles. The van der Waals surface area contributed by atoms with Crippen LogP contribution in [0.15, 0.2) is 34.4 Å². The van der Waals surface area contributed by atoms with Crippen molar-refractivity contribution in [3.05, 3.63) is 46.2 Å². The van der Waals surface area contributed by atoms with Gasteiger partial charge in [-0.05, 0) is 55.7 Å². The van der Waals surface area contributed by atoms with Crippen LogP contribution in [0.1, 0.15) is 46.8 Å². The quantitative estimate of drug-likeness (QED) is 0.356. The van der Waals surface area contributed by atoms with Crippen molar-refractivity contribution in [1.29, 1.82) is 0 Å². The smallest absolute Gasteiger partial charge is 0.345 e. The van der Waals surface area contributed by atoms with E-state index in [4.69, 9.17) is 9.51 Å². The van der Waals surface area contributed by atoms with Crippen LogP contribution in [0.3, 0.4) is 0 Å². The normalized spacial score (nSPS) is 16.5. The zero-order valence-corrected chi connectivity index (χ0v) is 19.1. The first-order chi connectivity index (χ1) is 15.7. The van der Waals surface area contributed by atoms with Gasteiger partial charge in [0, 0.05) is 48.5 Å². The number of carboxylic acids is 1. The second-order valence-corrected chi connectivity index (χ2v) is 9.70. The minimum absolute atomic E-state index is 0.0845. The predicted molar refractivity (Wildman–Crippen MR) is 122 cm³/mol. The van der Waals surface area contributed by atoms with E-state index in [0.29, 0.717) is 25.1 Å². The van der Waals surface area contributed by atoms with Crippen molar-refractivity contribution in [3.8, 4) is 22.3 Å². The number of thiophene rings is 1. The largest absolute Gasteiger partial charge is 0.477 e. The Bertz CT molecular complexity index is 1320. The number of aryl methyl sites for hydroxylation is 2. The lowest BCUT2D eigenvalue weighted by Crippen LogP contribution is -2.26. The molecule has 4 aromatic rings. The zero-order chi connectivity index (χ0) is 23.3. The lowest BCUT2D eigenvalue weighted by Gasteiger charge is -2.28. The molecule has 1 aliphatic carbocycles. The maximum absolute atomic E-state index is 13.7. The Hall–Kier alpha value is -3.07. The highest BCUT2D eigenvalue weighted by molar-refractivity contribution is 7.12. The molecule has 0 bridgehead atoms. The van der Waals surface area contributed by atoms with Gasteiger partial charge in [-0.2, -0.15) is 0 Å². The number of hydrogen-bond donors (Lipinski definition) is 1. The first kappa shape index (κ1) is 21.8. The summed E-state index contributed by atoms with van der Waals surface area (Å²) in [5.74, 6) is -2.69. The van der Waals surface area contributed by atoms with Crippen LogP contribution in [0, 0.1) is 19.8 Å². The molecule has 0 spiro atoms. The van der Waals surface area contributed by atoms with Gasteiger partial charge in [0.1, 0.15) is 10.6 Å². The van der Waals surface area contributed by atoms with Gasteiger partial charge in [0.05, 0.1) is 16.7 Å². The zero-order valence-electron chi connectivity index (χ0n) is 18.3. The number of rotatable bonds is 5. The van der Waals surface area contributed by atoms with Crippen LogP contribution in [-0.4, -0.2) is 31.7 Å². The fourth-order valence-electron chi connectivity index (χ4n) is 4.71. The van der Waals surface area contributed by atoms with E-state index in [1.807, 2.05) is 31.5 Å². The molecule has 0 aliphatic heterocycles. The van der Waals surface area contributed by atoms with Crippen molar-refractivity contribution < 1.29 is 23.2 Å². The van der Waals surface area contributed by atoms with Crippen molar-refractivity contribution in [2.45, 2.75) is 52.0 Å². The highest BCUT2D eigenvalue weighted by Gasteiger charge is 2.35. The summed E-state index contributed by atoms with van der Waals surface area (Å²) in [5.41, 5.74) is 5.78. The monoisotopic (exact) mass is 471 g/mol. The van der Waals surface area contributed by atoms with E-state index < -0.39 is 11.9 Å². The molecule has 1 fully saturated rings. The van der Waals surface area contributed by atoms with Gasteiger partial charge >= 0.3 is 5.97 Å². The maximum Gasteiger partial charge on any atom is 0.345 e. The maximum atomic E-state index is 13.7. The van der Waals surface area contributed by atoms with Crippen molar-refractivity contribution in [2.75, 3.05) is 0 Å². The summed E-state index contributed by atoms with van der Waals surface area (Å²) in [7, 11) is 0. The van der Waals surface area contributed by atoms with E-state index in [9.17, 15) is 18.7 Å². The molecule has 1 N–H and O–H groups in total. The average Bonchev–Trinajstić information content (AvgIpc) is 3.47. The minimum atomic E-state index is -2.57. The Morgan fingerprint density at radius 1 is 1.27 bits per heavy atom. The van der Waals surface area contributed by atoms with Gasteiger partial charge in [-0.1, -0.05) is 5.16 Å². The van der Waals surface area contributed by atoms with Crippen LogP contribution >= 0.6 is 11.3 Å². The van der Waals surface area contributed by atoms with E-state index in [0.717, 1.165) is 39.0 Å². The lowest BCUT2D eigenvalue weighted by molar-refractivity contribution is -0.0472. The molecule has 0 radical (unpaired) electrons. The van der Waals surface area contributed by atoms with E-state index in [1.165, 1.54) is 11.3 Å². The topological polar surface area (TPSA) is 81.2 Å². The number of halogens is 2. The van der Waals surface area contributed by atoms with Crippen LogP contribution in [0.25, 0.3) is 33.3 Å². The van der Waals surface area contributed by atoms with Crippen molar-refractivity contribution in [1.82, 2.24) is 14.7 Å².